The zero-order chi connectivity index (χ0) is 12.4. The Hall–Kier alpha value is -1.95. The third-order valence-electron chi connectivity index (χ3n) is 2.32. The van der Waals surface area contributed by atoms with Gasteiger partial charge in [0.25, 0.3) is 5.56 Å². The summed E-state index contributed by atoms with van der Waals surface area (Å²) in [5.74, 6) is -0.0186. The average molecular weight is 251 g/mol. The number of hydrogen-bond acceptors (Lipinski definition) is 3. The van der Waals surface area contributed by atoms with E-state index in [9.17, 15) is 9.18 Å². The van der Waals surface area contributed by atoms with Crippen molar-refractivity contribution in [1.29, 1.82) is 0 Å². The van der Waals surface area contributed by atoms with Crippen LogP contribution in [0.4, 0.5) is 10.2 Å². The maximum atomic E-state index is 12.7. The van der Waals surface area contributed by atoms with E-state index >= 15 is 0 Å². The van der Waals surface area contributed by atoms with Crippen molar-refractivity contribution < 1.29 is 4.39 Å². The normalized spacial score (nSPS) is 10.4. The first kappa shape index (κ1) is 11.5. The van der Waals surface area contributed by atoms with E-state index in [-0.39, 0.29) is 22.0 Å². The smallest absolute Gasteiger partial charge is 0.253 e. The quantitative estimate of drug-likeness (QED) is 0.798. The third-order valence-corrected chi connectivity index (χ3v) is 2.64. The van der Waals surface area contributed by atoms with Gasteiger partial charge in [-0.15, -0.1) is 0 Å². The van der Waals surface area contributed by atoms with E-state index in [1.54, 1.807) is 16.7 Å². The molecule has 0 saturated carbocycles. The maximum Gasteiger partial charge on any atom is 0.253 e. The lowest BCUT2D eigenvalue weighted by molar-refractivity contribution is 0.626. The molecule has 0 radical (unpaired) electrons. The number of nitrogens with one attached hydrogen (secondary N) is 1. The fraction of sp³-hybridized carbons (Fsp3) is 0.0909. The number of nitrogen functional groups attached to an aromatic ring is 1. The molecule has 0 bridgehead atoms. The number of anilines is 1. The molecule has 2 rings (SSSR count). The van der Waals surface area contributed by atoms with Crippen LogP contribution in [0.15, 0.2) is 35.1 Å². The monoisotopic (exact) mass is 251 g/mol. The summed E-state index contributed by atoms with van der Waals surface area (Å²) in [6.45, 7) is 0.391. The summed E-state index contributed by atoms with van der Waals surface area (Å²) in [7, 11) is 0. The minimum Gasteiger partial charge on any atom is -0.385 e. The molecule has 0 spiro atoms. The molecular weight excluding hydrogens is 241 g/mol. The number of benzene rings is 1. The van der Waals surface area contributed by atoms with Gasteiger partial charge in [-0.1, -0.05) is 12.1 Å². The van der Waals surface area contributed by atoms with Crippen LogP contribution in [0.3, 0.4) is 0 Å². The largest absolute Gasteiger partial charge is 0.385 e. The first-order chi connectivity index (χ1) is 8.06. The molecule has 0 aliphatic heterocycles. The van der Waals surface area contributed by atoms with Crippen molar-refractivity contribution in [3.8, 4) is 0 Å². The highest BCUT2D eigenvalue weighted by molar-refractivity contribution is 7.71. The molecule has 0 aliphatic rings. The van der Waals surface area contributed by atoms with Crippen LogP contribution < -0.4 is 11.3 Å². The van der Waals surface area contributed by atoms with E-state index < -0.39 is 0 Å². The summed E-state index contributed by atoms with van der Waals surface area (Å²) < 4.78 is 14.6. The van der Waals surface area contributed by atoms with E-state index in [1.165, 1.54) is 18.2 Å². The zero-order valence-electron chi connectivity index (χ0n) is 8.81. The summed E-state index contributed by atoms with van der Waals surface area (Å²) in [4.78, 5) is 13.6. The number of nitrogens with two attached hydrogens (primary N) is 1. The van der Waals surface area contributed by atoms with Crippen LogP contribution in [0.25, 0.3) is 0 Å². The standard InChI is InChI=1S/C11H10FN3OS/c12-8-3-1-7(2-4-8)6-15-9(13)5-10(16)14-11(15)17/h1-5H,6,13H2,(H,14,16,17). The van der Waals surface area contributed by atoms with Gasteiger partial charge >= 0.3 is 0 Å². The van der Waals surface area contributed by atoms with Gasteiger partial charge in [0.2, 0.25) is 0 Å². The van der Waals surface area contributed by atoms with Gasteiger partial charge in [-0.25, -0.2) is 4.39 Å². The minimum atomic E-state index is -0.331. The summed E-state index contributed by atoms with van der Waals surface area (Å²) in [5, 5.41) is 0. The molecule has 0 aliphatic carbocycles. The molecule has 4 nitrogen and oxygen atoms in total. The van der Waals surface area contributed by atoms with Crippen molar-refractivity contribution in [2.75, 3.05) is 5.73 Å². The van der Waals surface area contributed by atoms with Gasteiger partial charge in [0, 0.05) is 6.07 Å². The highest BCUT2D eigenvalue weighted by Crippen LogP contribution is 2.08. The van der Waals surface area contributed by atoms with Gasteiger partial charge < -0.3 is 10.3 Å². The second-order valence-corrected chi connectivity index (χ2v) is 3.96. The SMILES string of the molecule is Nc1cc(=O)[nH]c(=S)n1Cc1ccc(F)cc1. The number of aromatic amines is 1. The molecular formula is C11H10FN3OS. The van der Waals surface area contributed by atoms with Crippen LogP contribution in [0.5, 0.6) is 0 Å². The van der Waals surface area contributed by atoms with Crippen molar-refractivity contribution in [1.82, 2.24) is 9.55 Å². The molecule has 0 amide bonds. The van der Waals surface area contributed by atoms with Gasteiger partial charge in [-0.2, -0.15) is 0 Å². The van der Waals surface area contributed by atoms with E-state index in [2.05, 4.69) is 4.98 Å². The second-order valence-electron chi connectivity index (χ2n) is 3.58. The fourth-order valence-corrected chi connectivity index (χ4v) is 1.74. The number of nitrogens with zero attached hydrogens (tertiary/aromatic N) is 1. The van der Waals surface area contributed by atoms with Crippen molar-refractivity contribution in [2.24, 2.45) is 0 Å². The van der Waals surface area contributed by atoms with E-state index in [0.29, 0.717) is 6.54 Å². The third kappa shape index (κ3) is 2.59. The van der Waals surface area contributed by atoms with Crippen LogP contribution in [0.2, 0.25) is 0 Å². The molecule has 1 heterocycles. The summed E-state index contributed by atoms with van der Waals surface area (Å²) in [6.07, 6.45) is 0. The molecule has 0 saturated heterocycles. The van der Waals surface area contributed by atoms with Gasteiger partial charge in [-0.05, 0) is 29.9 Å². The van der Waals surface area contributed by atoms with E-state index in [1.807, 2.05) is 0 Å². The first-order valence-electron chi connectivity index (χ1n) is 4.90. The van der Waals surface area contributed by atoms with Gasteiger partial charge in [0.15, 0.2) is 4.77 Å². The molecule has 1 aromatic carbocycles. The van der Waals surface area contributed by atoms with E-state index in [0.717, 1.165) is 5.56 Å². The summed E-state index contributed by atoms with van der Waals surface area (Å²) in [6, 6.07) is 7.27. The van der Waals surface area contributed by atoms with Crippen molar-refractivity contribution in [2.45, 2.75) is 6.54 Å². The number of halogens is 1. The highest BCUT2D eigenvalue weighted by atomic mass is 32.1. The molecule has 1 aromatic heterocycles. The number of hydrogen-bond donors (Lipinski definition) is 2. The lowest BCUT2D eigenvalue weighted by Crippen LogP contribution is -2.16. The van der Waals surface area contributed by atoms with Gasteiger partial charge in [0.1, 0.15) is 11.6 Å². The molecule has 0 unspecified atom stereocenters. The Kier molecular flexibility index (Phi) is 3.06. The molecule has 6 heteroatoms. The lowest BCUT2D eigenvalue weighted by atomic mass is 10.2. The Balaban J connectivity index is 2.40. The maximum absolute atomic E-state index is 12.7. The van der Waals surface area contributed by atoms with Crippen molar-refractivity contribution >= 4 is 18.0 Å². The highest BCUT2D eigenvalue weighted by Gasteiger charge is 2.01. The predicted molar refractivity (Wildman–Crippen MR) is 65.8 cm³/mol. The lowest BCUT2D eigenvalue weighted by Gasteiger charge is -2.09. The Morgan fingerprint density at radius 2 is 2.00 bits per heavy atom. The molecule has 0 atom stereocenters. The molecule has 17 heavy (non-hydrogen) atoms. The Labute approximate surface area is 102 Å². The van der Waals surface area contributed by atoms with Crippen LogP contribution >= 0.6 is 12.2 Å². The number of aromatic nitrogens is 2. The van der Waals surface area contributed by atoms with Gasteiger partial charge in [-0.3, -0.25) is 9.78 Å². The average Bonchev–Trinajstić information content (AvgIpc) is 2.26. The van der Waals surface area contributed by atoms with Crippen LogP contribution in [-0.4, -0.2) is 9.55 Å². The zero-order valence-corrected chi connectivity index (χ0v) is 9.63. The predicted octanol–water partition coefficient (Wildman–Crippen LogP) is 1.68. The van der Waals surface area contributed by atoms with E-state index in [4.69, 9.17) is 18.0 Å². The molecule has 2 aromatic rings. The Morgan fingerprint density at radius 3 is 2.59 bits per heavy atom. The van der Waals surface area contributed by atoms with Crippen molar-refractivity contribution in [3.05, 3.63) is 56.8 Å². The Bertz CT molecular complexity index is 645. The molecule has 88 valence electrons. The van der Waals surface area contributed by atoms with Gasteiger partial charge in [0.05, 0.1) is 6.54 Å². The topological polar surface area (TPSA) is 63.8 Å². The number of H-pyrrole nitrogens is 1. The molecule has 3 N–H and O–H groups in total. The molecule has 0 fully saturated rings. The van der Waals surface area contributed by atoms with Crippen molar-refractivity contribution in [3.63, 3.8) is 0 Å². The summed E-state index contributed by atoms with van der Waals surface area (Å²) in [5.41, 5.74) is 6.22. The van der Waals surface area contributed by atoms with Crippen LogP contribution in [0, 0.1) is 10.6 Å². The summed E-state index contributed by atoms with van der Waals surface area (Å²) >= 11 is 5.01. The van der Waals surface area contributed by atoms with Crippen LogP contribution in [-0.2, 0) is 6.54 Å². The second kappa shape index (κ2) is 4.50. The first-order valence-corrected chi connectivity index (χ1v) is 5.31. The fourth-order valence-electron chi connectivity index (χ4n) is 1.47. The number of rotatable bonds is 2. The van der Waals surface area contributed by atoms with Crippen LogP contribution in [0.1, 0.15) is 5.56 Å². The Morgan fingerprint density at radius 1 is 1.35 bits per heavy atom. The minimum absolute atomic E-state index is 0.249.